The molecule has 0 unspecified atom stereocenters. The van der Waals surface area contributed by atoms with Crippen LogP contribution in [-0.2, 0) is 11.2 Å². The molecular weight excluding hydrogens is 306 g/mol. The summed E-state index contributed by atoms with van der Waals surface area (Å²) in [7, 11) is 1.57. The van der Waals surface area contributed by atoms with Gasteiger partial charge in [0.25, 0.3) is 5.91 Å². The van der Waals surface area contributed by atoms with E-state index in [0.29, 0.717) is 11.3 Å². The lowest BCUT2D eigenvalue weighted by molar-refractivity contribution is -0.139. The molecule has 0 radical (unpaired) electrons. The molecule has 0 aliphatic carbocycles. The molecule has 0 aliphatic rings. The summed E-state index contributed by atoms with van der Waals surface area (Å²) in [6.45, 7) is 3.87. The number of hydrogen-bond donors (Lipinski definition) is 2. The molecule has 2 aromatic rings. The van der Waals surface area contributed by atoms with E-state index in [1.54, 1.807) is 43.5 Å². The number of carboxylic acids is 1. The van der Waals surface area contributed by atoms with Crippen molar-refractivity contribution in [2.24, 2.45) is 0 Å². The zero-order valence-corrected chi connectivity index (χ0v) is 14.0. The zero-order chi connectivity index (χ0) is 17.7. The first-order valence-corrected chi connectivity index (χ1v) is 7.64. The predicted octanol–water partition coefficient (Wildman–Crippen LogP) is 2.74. The number of ether oxygens (including phenoxy) is 1. The van der Waals surface area contributed by atoms with E-state index >= 15 is 0 Å². The van der Waals surface area contributed by atoms with Crippen LogP contribution in [0.3, 0.4) is 0 Å². The van der Waals surface area contributed by atoms with Crippen LogP contribution in [0.25, 0.3) is 0 Å². The molecule has 1 amide bonds. The van der Waals surface area contributed by atoms with E-state index in [-0.39, 0.29) is 12.3 Å². The van der Waals surface area contributed by atoms with Gasteiger partial charge in [-0.3, -0.25) is 4.79 Å². The third kappa shape index (κ3) is 4.35. The minimum absolute atomic E-state index is 0.204. The quantitative estimate of drug-likeness (QED) is 0.855. The Labute approximate surface area is 141 Å². The Balaban J connectivity index is 2.10. The predicted molar refractivity (Wildman–Crippen MR) is 91.5 cm³/mol. The minimum atomic E-state index is -1.07. The molecule has 5 heteroatoms. The summed E-state index contributed by atoms with van der Waals surface area (Å²) in [6, 6.07) is 11.4. The average Bonchev–Trinajstić information content (AvgIpc) is 2.57. The van der Waals surface area contributed by atoms with Crippen molar-refractivity contribution in [2.75, 3.05) is 7.11 Å². The summed E-state index contributed by atoms with van der Waals surface area (Å²) < 4.78 is 5.08. The highest BCUT2D eigenvalue weighted by Crippen LogP contribution is 2.14. The fraction of sp³-hybridized carbons (Fsp3) is 0.263. The highest BCUT2D eigenvalue weighted by Gasteiger charge is 2.21. The zero-order valence-electron chi connectivity index (χ0n) is 14.0. The number of hydrogen-bond acceptors (Lipinski definition) is 3. The first kappa shape index (κ1) is 17.5. The standard InChI is InChI=1S/C19H21NO4/c1-12-4-7-15(10-13(12)2)18(21)20-17(19(22)23)11-14-5-8-16(24-3)9-6-14/h4-10,17H,11H2,1-3H3,(H,20,21)(H,22,23)/t17-/m0/s1. The summed E-state index contributed by atoms with van der Waals surface area (Å²) >= 11 is 0. The fourth-order valence-corrected chi connectivity index (χ4v) is 2.32. The Morgan fingerprint density at radius 1 is 1.08 bits per heavy atom. The SMILES string of the molecule is COc1ccc(C[C@H](NC(=O)c2ccc(C)c(C)c2)C(=O)O)cc1. The highest BCUT2D eigenvalue weighted by atomic mass is 16.5. The van der Waals surface area contributed by atoms with Gasteiger partial charge in [-0.15, -0.1) is 0 Å². The van der Waals surface area contributed by atoms with Crippen molar-refractivity contribution < 1.29 is 19.4 Å². The number of rotatable bonds is 6. The van der Waals surface area contributed by atoms with Crippen molar-refractivity contribution >= 4 is 11.9 Å². The van der Waals surface area contributed by atoms with Crippen LogP contribution in [0, 0.1) is 13.8 Å². The van der Waals surface area contributed by atoms with Gasteiger partial charge in [0, 0.05) is 12.0 Å². The normalized spacial score (nSPS) is 11.6. The van der Waals surface area contributed by atoms with Crippen LogP contribution >= 0.6 is 0 Å². The Morgan fingerprint density at radius 3 is 2.29 bits per heavy atom. The maximum absolute atomic E-state index is 12.3. The third-order valence-corrected chi connectivity index (χ3v) is 3.97. The second kappa shape index (κ2) is 7.64. The van der Waals surface area contributed by atoms with Gasteiger partial charge in [-0.1, -0.05) is 18.2 Å². The molecule has 0 aliphatic heterocycles. The van der Waals surface area contributed by atoms with E-state index in [1.165, 1.54) is 0 Å². The first-order valence-electron chi connectivity index (χ1n) is 7.64. The lowest BCUT2D eigenvalue weighted by atomic mass is 10.0. The summed E-state index contributed by atoms with van der Waals surface area (Å²) in [6.07, 6.45) is 0.204. The van der Waals surface area contributed by atoms with Crippen molar-refractivity contribution in [3.05, 3.63) is 64.7 Å². The number of carbonyl (C=O) groups is 2. The lowest BCUT2D eigenvalue weighted by Gasteiger charge is -2.15. The van der Waals surface area contributed by atoms with Crippen LogP contribution in [-0.4, -0.2) is 30.1 Å². The molecule has 5 nitrogen and oxygen atoms in total. The molecule has 0 heterocycles. The summed E-state index contributed by atoms with van der Waals surface area (Å²) in [5.74, 6) is -0.758. The molecular formula is C19H21NO4. The average molecular weight is 327 g/mol. The Bertz CT molecular complexity index is 738. The molecule has 24 heavy (non-hydrogen) atoms. The van der Waals surface area contributed by atoms with Crippen molar-refractivity contribution in [1.82, 2.24) is 5.32 Å². The van der Waals surface area contributed by atoms with E-state index in [4.69, 9.17) is 4.74 Å². The molecule has 2 rings (SSSR count). The number of carbonyl (C=O) groups excluding carboxylic acids is 1. The van der Waals surface area contributed by atoms with Crippen molar-refractivity contribution in [2.45, 2.75) is 26.3 Å². The van der Waals surface area contributed by atoms with E-state index < -0.39 is 12.0 Å². The Hall–Kier alpha value is -2.82. The smallest absolute Gasteiger partial charge is 0.326 e. The van der Waals surface area contributed by atoms with Crippen LogP contribution in [0.1, 0.15) is 27.0 Å². The van der Waals surface area contributed by atoms with E-state index in [9.17, 15) is 14.7 Å². The molecule has 2 aromatic carbocycles. The number of amides is 1. The largest absolute Gasteiger partial charge is 0.497 e. The second-order valence-corrected chi connectivity index (χ2v) is 5.72. The number of methoxy groups -OCH3 is 1. The topological polar surface area (TPSA) is 75.6 Å². The van der Waals surface area contributed by atoms with E-state index in [2.05, 4.69) is 5.32 Å². The highest BCUT2D eigenvalue weighted by molar-refractivity contribution is 5.96. The number of aliphatic carboxylic acids is 1. The van der Waals surface area contributed by atoms with Gasteiger partial charge in [0.05, 0.1) is 7.11 Å². The van der Waals surface area contributed by atoms with Crippen LogP contribution in [0.4, 0.5) is 0 Å². The van der Waals surface area contributed by atoms with Crippen LogP contribution < -0.4 is 10.1 Å². The fourth-order valence-electron chi connectivity index (χ4n) is 2.32. The van der Waals surface area contributed by atoms with Crippen molar-refractivity contribution in [3.63, 3.8) is 0 Å². The molecule has 0 spiro atoms. The monoisotopic (exact) mass is 327 g/mol. The number of carboxylic acid groups (broad SMARTS) is 1. The maximum Gasteiger partial charge on any atom is 0.326 e. The summed E-state index contributed by atoms with van der Waals surface area (Å²) in [4.78, 5) is 23.8. The van der Waals surface area contributed by atoms with Crippen LogP contribution in [0.2, 0.25) is 0 Å². The number of benzene rings is 2. The van der Waals surface area contributed by atoms with Gasteiger partial charge in [0.2, 0.25) is 0 Å². The van der Waals surface area contributed by atoms with Crippen molar-refractivity contribution in [1.29, 1.82) is 0 Å². The van der Waals surface area contributed by atoms with Crippen LogP contribution in [0.15, 0.2) is 42.5 Å². The lowest BCUT2D eigenvalue weighted by Crippen LogP contribution is -2.42. The number of aryl methyl sites for hydroxylation is 2. The minimum Gasteiger partial charge on any atom is -0.497 e. The van der Waals surface area contributed by atoms with Gasteiger partial charge in [-0.2, -0.15) is 0 Å². The first-order chi connectivity index (χ1) is 11.4. The van der Waals surface area contributed by atoms with Crippen LogP contribution in [0.5, 0.6) is 5.75 Å². The summed E-state index contributed by atoms with van der Waals surface area (Å²) in [5, 5.41) is 12.0. The van der Waals surface area contributed by atoms with Gasteiger partial charge in [0.1, 0.15) is 11.8 Å². The molecule has 0 bridgehead atoms. The second-order valence-electron chi connectivity index (χ2n) is 5.72. The maximum atomic E-state index is 12.3. The molecule has 2 N–H and O–H groups in total. The molecule has 0 fully saturated rings. The van der Waals surface area contributed by atoms with Gasteiger partial charge in [-0.05, 0) is 54.8 Å². The molecule has 0 saturated carbocycles. The van der Waals surface area contributed by atoms with Gasteiger partial charge in [0.15, 0.2) is 0 Å². The van der Waals surface area contributed by atoms with Crippen molar-refractivity contribution in [3.8, 4) is 5.75 Å². The Morgan fingerprint density at radius 2 is 1.75 bits per heavy atom. The molecule has 0 aromatic heterocycles. The molecule has 0 saturated heterocycles. The van der Waals surface area contributed by atoms with Gasteiger partial charge >= 0.3 is 5.97 Å². The third-order valence-electron chi connectivity index (χ3n) is 3.97. The number of nitrogens with one attached hydrogen (secondary N) is 1. The Kier molecular flexibility index (Phi) is 5.58. The molecule has 1 atom stereocenters. The van der Waals surface area contributed by atoms with Gasteiger partial charge in [-0.25, -0.2) is 4.79 Å². The summed E-state index contributed by atoms with van der Waals surface area (Å²) in [5.41, 5.74) is 3.34. The van der Waals surface area contributed by atoms with E-state index in [0.717, 1.165) is 16.7 Å². The molecule has 126 valence electrons. The van der Waals surface area contributed by atoms with E-state index in [1.807, 2.05) is 19.9 Å². The van der Waals surface area contributed by atoms with Gasteiger partial charge < -0.3 is 15.2 Å².